The van der Waals surface area contributed by atoms with Crippen LogP contribution in [0.3, 0.4) is 0 Å². The Morgan fingerprint density at radius 3 is 2.42 bits per heavy atom. The number of benzene rings is 1. The van der Waals surface area contributed by atoms with E-state index in [-0.39, 0.29) is 18.0 Å². The smallest absolute Gasteiger partial charge is 0.242 e. The van der Waals surface area contributed by atoms with Crippen LogP contribution in [0.15, 0.2) is 23.1 Å². The molecule has 5 N–H and O–H groups in total. The van der Waals surface area contributed by atoms with E-state index in [9.17, 15) is 18.6 Å². The summed E-state index contributed by atoms with van der Waals surface area (Å²) in [5, 5.41) is 19.1. The van der Waals surface area contributed by atoms with Gasteiger partial charge in [-0.1, -0.05) is 0 Å². The summed E-state index contributed by atoms with van der Waals surface area (Å²) >= 11 is 0. The largest absolute Gasteiger partial charge is 0.399 e. The second kappa shape index (κ2) is 4.97. The highest BCUT2D eigenvalue weighted by atomic mass is 32.2. The van der Waals surface area contributed by atoms with Crippen LogP contribution < -0.4 is 15.4 Å². The zero-order valence-corrected chi connectivity index (χ0v) is 11.3. The molecule has 2 atom stereocenters. The lowest BCUT2D eigenvalue weighted by atomic mass is 10.2. The van der Waals surface area contributed by atoms with Crippen LogP contribution in [-0.4, -0.2) is 51.0 Å². The number of nitrogens with two attached hydrogens (primary N) is 1. The van der Waals surface area contributed by atoms with Gasteiger partial charge in [0.2, 0.25) is 10.0 Å². The van der Waals surface area contributed by atoms with Crippen LogP contribution in [0.2, 0.25) is 0 Å². The Balaban J connectivity index is 2.47. The zero-order chi connectivity index (χ0) is 14.2. The summed E-state index contributed by atoms with van der Waals surface area (Å²) in [6.45, 7) is 0.356. The number of hydrogen-bond donors (Lipinski definition) is 4. The lowest BCUT2D eigenvalue weighted by Crippen LogP contribution is -2.26. The third-order valence-corrected chi connectivity index (χ3v) is 4.59. The second-order valence-electron chi connectivity index (χ2n) is 4.47. The molecule has 0 amide bonds. The predicted molar refractivity (Wildman–Crippen MR) is 71.3 cm³/mol. The maximum absolute atomic E-state index is 12.0. The Morgan fingerprint density at radius 1 is 1.32 bits per heavy atom. The lowest BCUT2D eigenvalue weighted by molar-refractivity contribution is 0.0572. The molecule has 1 fully saturated rings. The van der Waals surface area contributed by atoms with E-state index in [0.717, 1.165) is 0 Å². The molecule has 7 nitrogen and oxygen atoms in total. The van der Waals surface area contributed by atoms with Gasteiger partial charge < -0.3 is 20.8 Å². The topological polar surface area (TPSA) is 116 Å². The molecular formula is C11H17N3O4S. The van der Waals surface area contributed by atoms with Gasteiger partial charge in [0, 0.05) is 18.8 Å². The highest BCUT2D eigenvalue weighted by molar-refractivity contribution is 7.89. The minimum Gasteiger partial charge on any atom is -0.399 e. The minimum absolute atomic E-state index is 0.0382. The number of aliphatic hydroxyl groups is 2. The number of rotatable bonds is 3. The molecule has 1 saturated heterocycles. The van der Waals surface area contributed by atoms with Gasteiger partial charge in [-0.3, -0.25) is 0 Å². The van der Waals surface area contributed by atoms with E-state index < -0.39 is 22.2 Å². The van der Waals surface area contributed by atoms with Crippen molar-refractivity contribution >= 4 is 21.4 Å². The van der Waals surface area contributed by atoms with Gasteiger partial charge in [0.1, 0.15) is 4.90 Å². The van der Waals surface area contributed by atoms with E-state index in [1.807, 2.05) is 0 Å². The van der Waals surface area contributed by atoms with Crippen molar-refractivity contribution in [1.29, 1.82) is 0 Å². The summed E-state index contributed by atoms with van der Waals surface area (Å²) in [5.74, 6) is 0. The van der Waals surface area contributed by atoms with Crippen molar-refractivity contribution in [2.75, 3.05) is 30.8 Å². The average Bonchev–Trinajstić information content (AvgIpc) is 2.69. The number of aliphatic hydroxyl groups excluding tert-OH is 2. The van der Waals surface area contributed by atoms with Crippen LogP contribution in [0, 0.1) is 0 Å². The van der Waals surface area contributed by atoms with Gasteiger partial charge in [0.15, 0.2) is 0 Å². The molecule has 1 aromatic carbocycles. The third kappa shape index (κ3) is 2.66. The normalized spacial score (nSPS) is 23.8. The van der Waals surface area contributed by atoms with Gasteiger partial charge in [-0.2, -0.15) is 0 Å². The molecule has 0 saturated carbocycles. The molecule has 0 aromatic heterocycles. The average molecular weight is 287 g/mol. The van der Waals surface area contributed by atoms with Crippen molar-refractivity contribution in [1.82, 2.24) is 4.72 Å². The molecule has 0 bridgehead atoms. The number of anilines is 2. The van der Waals surface area contributed by atoms with Gasteiger partial charge in [-0.15, -0.1) is 0 Å². The molecule has 2 unspecified atom stereocenters. The van der Waals surface area contributed by atoms with E-state index in [2.05, 4.69) is 4.72 Å². The molecule has 1 aromatic rings. The molecule has 0 radical (unpaired) electrons. The predicted octanol–water partition coefficient (Wildman–Crippen LogP) is -1.28. The van der Waals surface area contributed by atoms with Crippen LogP contribution in [-0.2, 0) is 10.0 Å². The summed E-state index contributed by atoms with van der Waals surface area (Å²) in [7, 11) is -2.34. The van der Waals surface area contributed by atoms with Gasteiger partial charge in [-0.25, -0.2) is 13.1 Å². The molecule has 8 heteroatoms. The minimum atomic E-state index is -3.66. The second-order valence-corrected chi connectivity index (χ2v) is 6.33. The van der Waals surface area contributed by atoms with E-state index in [0.29, 0.717) is 11.4 Å². The molecule has 106 valence electrons. The number of nitrogen functional groups attached to an aromatic ring is 1. The first-order valence-corrected chi connectivity index (χ1v) is 7.27. The van der Waals surface area contributed by atoms with Crippen molar-refractivity contribution in [3.05, 3.63) is 18.2 Å². The maximum Gasteiger partial charge on any atom is 0.242 e. The van der Waals surface area contributed by atoms with Crippen molar-refractivity contribution in [3.8, 4) is 0 Å². The van der Waals surface area contributed by atoms with E-state index >= 15 is 0 Å². The van der Waals surface area contributed by atoms with Gasteiger partial charge in [0.25, 0.3) is 0 Å². The van der Waals surface area contributed by atoms with E-state index in [1.165, 1.54) is 13.1 Å². The van der Waals surface area contributed by atoms with Crippen LogP contribution in [0.25, 0.3) is 0 Å². The SMILES string of the molecule is CNS(=O)(=O)c1cc(N)ccc1N1CC(O)C(O)C1. The molecule has 19 heavy (non-hydrogen) atoms. The number of nitrogens with zero attached hydrogens (tertiary/aromatic N) is 1. The fourth-order valence-electron chi connectivity index (χ4n) is 2.08. The first kappa shape index (κ1) is 14.1. The van der Waals surface area contributed by atoms with Crippen molar-refractivity contribution < 1.29 is 18.6 Å². The summed E-state index contributed by atoms with van der Waals surface area (Å²) in [5.41, 5.74) is 6.37. The Bertz CT molecular complexity index is 565. The molecule has 0 aliphatic carbocycles. The van der Waals surface area contributed by atoms with Crippen molar-refractivity contribution in [3.63, 3.8) is 0 Å². The van der Waals surface area contributed by atoms with Crippen LogP contribution in [0.5, 0.6) is 0 Å². The van der Waals surface area contributed by atoms with E-state index in [4.69, 9.17) is 5.73 Å². The van der Waals surface area contributed by atoms with Crippen LogP contribution in [0.1, 0.15) is 0 Å². The standard InChI is InChI=1S/C11H17N3O4S/c1-13-19(17,18)11-4-7(12)2-3-8(11)14-5-9(15)10(16)6-14/h2-4,9-10,13,15-16H,5-6,12H2,1H3. The summed E-state index contributed by atoms with van der Waals surface area (Å²) in [4.78, 5) is 1.66. The number of sulfonamides is 1. The monoisotopic (exact) mass is 287 g/mol. The zero-order valence-electron chi connectivity index (χ0n) is 10.4. The molecule has 1 aliphatic heterocycles. The summed E-state index contributed by atoms with van der Waals surface area (Å²) in [6, 6.07) is 4.52. The molecule has 1 heterocycles. The van der Waals surface area contributed by atoms with Crippen molar-refractivity contribution in [2.24, 2.45) is 0 Å². The third-order valence-electron chi connectivity index (χ3n) is 3.14. The fourth-order valence-corrected chi connectivity index (χ4v) is 3.07. The van der Waals surface area contributed by atoms with E-state index in [1.54, 1.807) is 17.0 Å². The highest BCUT2D eigenvalue weighted by Gasteiger charge is 2.32. The quantitative estimate of drug-likeness (QED) is 0.515. The van der Waals surface area contributed by atoms with Gasteiger partial charge >= 0.3 is 0 Å². The Morgan fingerprint density at radius 2 is 1.89 bits per heavy atom. The maximum atomic E-state index is 12.0. The number of β-amino-alcohol motifs (C(OH)–C–C–N with tert-alkyl or cyclic N) is 2. The molecular weight excluding hydrogens is 270 g/mol. The van der Waals surface area contributed by atoms with Gasteiger partial charge in [0.05, 0.1) is 17.9 Å². The summed E-state index contributed by atoms with van der Waals surface area (Å²) < 4.78 is 26.2. The first-order chi connectivity index (χ1) is 8.85. The highest BCUT2D eigenvalue weighted by Crippen LogP contribution is 2.30. The van der Waals surface area contributed by atoms with Crippen LogP contribution in [0.4, 0.5) is 11.4 Å². The molecule has 1 aliphatic rings. The Kier molecular flexibility index (Phi) is 3.68. The van der Waals surface area contributed by atoms with Gasteiger partial charge in [-0.05, 0) is 25.2 Å². The Labute approximate surface area is 111 Å². The number of nitrogens with one attached hydrogen (secondary N) is 1. The van der Waals surface area contributed by atoms with Crippen LogP contribution >= 0.6 is 0 Å². The molecule has 0 spiro atoms. The fraction of sp³-hybridized carbons (Fsp3) is 0.455. The first-order valence-electron chi connectivity index (χ1n) is 5.79. The number of hydrogen-bond acceptors (Lipinski definition) is 6. The summed E-state index contributed by atoms with van der Waals surface area (Å²) in [6.07, 6.45) is -1.77. The lowest BCUT2D eigenvalue weighted by Gasteiger charge is -2.21. The van der Waals surface area contributed by atoms with Crippen molar-refractivity contribution in [2.45, 2.75) is 17.1 Å². The molecule has 2 rings (SSSR count). The Hall–Kier alpha value is -1.35.